The zero-order valence-electron chi connectivity index (χ0n) is 15.5. The summed E-state index contributed by atoms with van der Waals surface area (Å²) in [6, 6.07) is 20.7. The van der Waals surface area contributed by atoms with Gasteiger partial charge in [0.1, 0.15) is 11.5 Å². The summed E-state index contributed by atoms with van der Waals surface area (Å²) in [6.45, 7) is -0.144. The number of rotatable bonds is 7. The van der Waals surface area contributed by atoms with Crippen LogP contribution in [0, 0.1) is 3.57 Å². The Kier molecular flexibility index (Phi) is 7.81. The number of amides is 1. The topological polar surface area (TPSA) is 77.0 Å². The van der Waals surface area contributed by atoms with Gasteiger partial charge in [0.15, 0.2) is 6.61 Å². The van der Waals surface area contributed by atoms with Crippen LogP contribution < -0.4 is 14.9 Å². The molecule has 0 saturated carbocycles. The Morgan fingerprint density at radius 3 is 2.33 bits per heavy atom. The van der Waals surface area contributed by atoms with Crippen molar-refractivity contribution in [2.24, 2.45) is 5.10 Å². The van der Waals surface area contributed by atoms with E-state index in [2.05, 4.69) is 33.1 Å². The van der Waals surface area contributed by atoms with Crippen molar-refractivity contribution in [2.45, 2.75) is 0 Å². The van der Waals surface area contributed by atoms with Crippen molar-refractivity contribution in [3.63, 3.8) is 0 Å². The number of hydrazone groups is 1. The van der Waals surface area contributed by atoms with E-state index in [4.69, 9.17) is 21.1 Å². The molecule has 0 bridgehead atoms. The lowest BCUT2D eigenvalue weighted by molar-refractivity contribution is -0.123. The number of hydrogen-bond donors (Lipinski definition) is 1. The summed E-state index contributed by atoms with van der Waals surface area (Å²) in [4.78, 5) is 23.9. The van der Waals surface area contributed by atoms with E-state index in [1.165, 1.54) is 6.21 Å². The zero-order chi connectivity index (χ0) is 21.3. The quantitative estimate of drug-likeness (QED) is 0.157. The van der Waals surface area contributed by atoms with Crippen molar-refractivity contribution in [1.82, 2.24) is 5.43 Å². The number of nitrogens with one attached hydrogen (secondary N) is 1. The fourth-order valence-corrected chi connectivity index (χ4v) is 2.87. The summed E-state index contributed by atoms with van der Waals surface area (Å²) < 4.78 is 11.8. The monoisotopic (exact) mass is 534 g/mol. The van der Waals surface area contributed by atoms with Crippen molar-refractivity contribution in [1.29, 1.82) is 0 Å². The molecule has 0 aliphatic carbocycles. The van der Waals surface area contributed by atoms with E-state index in [9.17, 15) is 9.59 Å². The van der Waals surface area contributed by atoms with Gasteiger partial charge in [0, 0.05) is 3.57 Å². The second-order valence-corrected chi connectivity index (χ2v) is 7.63. The van der Waals surface area contributed by atoms with Gasteiger partial charge in [0.2, 0.25) is 0 Å². The Bertz CT molecular complexity index is 1050. The maximum atomic E-state index is 12.2. The van der Waals surface area contributed by atoms with E-state index in [0.29, 0.717) is 27.6 Å². The summed E-state index contributed by atoms with van der Waals surface area (Å²) in [5.41, 5.74) is 3.40. The number of benzene rings is 3. The van der Waals surface area contributed by atoms with Crippen LogP contribution in [0.25, 0.3) is 0 Å². The number of nitrogens with zero attached hydrogens (tertiary/aromatic N) is 1. The first-order valence-electron chi connectivity index (χ1n) is 8.78. The van der Waals surface area contributed by atoms with Crippen LogP contribution in [-0.2, 0) is 4.79 Å². The minimum absolute atomic E-state index is 0.144. The van der Waals surface area contributed by atoms with Crippen LogP contribution in [0.1, 0.15) is 15.9 Å². The van der Waals surface area contributed by atoms with Crippen LogP contribution in [-0.4, -0.2) is 24.7 Å². The van der Waals surface area contributed by atoms with Gasteiger partial charge in [-0.05, 0) is 88.8 Å². The lowest BCUT2D eigenvalue weighted by Crippen LogP contribution is -2.24. The van der Waals surface area contributed by atoms with Crippen molar-refractivity contribution < 1.29 is 19.1 Å². The maximum absolute atomic E-state index is 12.2. The zero-order valence-corrected chi connectivity index (χ0v) is 18.5. The molecule has 3 aromatic rings. The summed E-state index contributed by atoms with van der Waals surface area (Å²) in [5.74, 6) is 0.0565. The van der Waals surface area contributed by atoms with Gasteiger partial charge < -0.3 is 9.47 Å². The third-order valence-electron chi connectivity index (χ3n) is 3.77. The van der Waals surface area contributed by atoms with E-state index in [-0.39, 0.29) is 12.5 Å². The predicted octanol–water partition coefficient (Wildman–Crippen LogP) is 4.69. The van der Waals surface area contributed by atoms with Gasteiger partial charge >= 0.3 is 5.97 Å². The van der Waals surface area contributed by atoms with Crippen LogP contribution in [0.4, 0.5) is 0 Å². The standard InChI is InChI=1S/C22H16ClIN2O4/c23-20-4-2-1-3-19(20)22(28)30-18-9-5-15(6-10-18)13-25-26-21(27)14-29-17-11-7-16(24)8-12-17/h1-13H,14H2,(H,26,27)/b25-13-. The molecular weight excluding hydrogens is 519 g/mol. The number of hydrogen-bond acceptors (Lipinski definition) is 5. The van der Waals surface area contributed by atoms with Crippen LogP contribution >= 0.6 is 34.2 Å². The Morgan fingerprint density at radius 1 is 0.967 bits per heavy atom. The number of carbonyl (C=O) groups excluding carboxylic acids is 2. The first-order valence-corrected chi connectivity index (χ1v) is 10.2. The number of carbonyl (C=O) groups is 2. The molecule has 0 heterocycles. The molecule has 0 spiro atoms. The average Bonchev–Trinajstić information content (AvgIpc) is 2.75. The Morgan fingerprint density at radius 2 is 1.63 bits per heavy atom. The summed E-state index contributed by atoms with van der Waals surface area (Å²) in [5, 5.41) is 4.21. The van der Waals surface area contributed by atoms with Crippen molar-refractivity contribution in [2.75, 3.05) is 6.61 Å². The Balaban J connectivity index is 1.47. The molecule has 8 heteroatoms. The molecule has 30 heavy (non-hydrogen) atoms. The van der Waals surface area contributed by atoms with Gasteiger partial charge in [-0.1, -0.05) is 23.7 Å². The molecule has 3 rings (SSSR count). The Hall–Kier alpha value is -2.91. The highest BCUT2D eigenvalue weighted by Crippen LogP contribution is 2.19. The first kappa shape index (κ1) is 21.8. The molecule has 1 N–H and O–H groups in total. The van der Waals surface area contributed by atoms with Crippen LogP contribution in [0.3, 0.4) is 0 Å². The molecule has 0 aliphatic rings. The van der Waals surface area contributed by atoms with Gasteiger partial charge in [0.05, 0.1) is 16.8 Å². The van der Waals surface area contributed by atoms with Crippen molar-refractivity contribution >= 4 is 52.3 Å². The highest BCUT2D eigenvalue weighted by molar-refractivity contribution is 14.1. The summed E-state index contributed by atoms with van der Waals surface area (Å²) >= 11 is 8.18. The van der Waals surface area contributed by atoms with Crippen LogP contribution in [0.2, 0.25) is 5.02 Å². The molecule has 6 nitrogen and oxygen atoms in total. The minimum Gasteiger partial charge on any atom is -0.484 e. The molecule has 0 atom stereocenters. The lowest BCUT2D eigenvalue weighted by Gasteiger charge is -2.06. The third kappa shape index (κ3) is 6.57. The smallest absolute Gasteiger partial charge is 0.345 e. The fraction of sp³-hybridized carbons (Fsp3) is 0.0455. The molecule has 0 fully saturated rings. The van der Waals surface area contributed by atoms with Gasteiger partial charge in [0.25, 0.3) is 5.91 Å². The third-order valence-corrected chi connectivity index (χ3v) is 4.82. The lowest BCUT2D eigenvalue weighted by atomic mass is 10.2. The van der Waals surface area contributed by atoms with E-state index in [0.717, 1.165) is 3.57 Å². The Labute approximate surface area is 192 Å². The predicted molar refractivity (Wildman–Crippen MR) is 123 cm³/mol. The fourth-order valence-electron chi connectivity index (χ4n) is 2.30. The average molecular weight is 535 g/mol. The second-order valence-electron chi connectivity index (χ2n) is 5.97. The highest BCUT2D eigenvalue weighted by atomic mass is 127. The highest BCUT2D eigenvalue weighted by Gasteiger charge is 2.11. The van der Waals surface area contributed by atoms with E-state index in [1.54, 1.807) is 60.7 Å². The molecule has 0 aliphatic heterocycles. The second kappa shape index (κ2) is 10.7. The van der Waals surface area contributed by atoms with Gasteiger partial charge in [-0.2, -0.15) is 5.10 Å². The van der Waals surface area contributed by atoms with Gasteiger partial charge in [-0.3, -0.25) is 4.79 Å². The van der Waals surface area contributed by atoms with E-state index in [1.807, 2.05) is 12.1 Å². The molecule has 0 radical (unpaired) electrons. The van der Waals surface area contributed by atoms with Crippen molar-refractivity contribution in [3.05, 3.63) is 92.5 Å². The normalized spacial score (nSPS) is 10.6. The number of esters is 1. The van der Waals surface area contributed by atoms with Crippen LogP contribution in [0.15, 0.2) is 77.9 Å². The van der Waals surface area contributed by atoms with E-state index < -0.39 is 5.97 Å². The van der Waals surface area contributed by atoms with Crippen molar-refractivity contribution in [3.8, 4) is 11.5 Å². The SMILES string of the molecule is O=C(COc1ccc(I)cc1)N/N=C\c1ccc(OC(=O)c2ccccc2Cl)cc1. The molecular formula is C22H16ClIN2O4. The number of halogens is 2. The van der Waals surface area contributed by atoms with Gasteiger partial charge in [-0.15, -0.1) is 0 Å². The molecule has 3 aromatic carbocycles. The minimum atomic E-state index is -0.539. The summed E-state index contributed by atoms with van der Waals surface area (Å²) in [6.07, 6.45) is 1.47. The molecule has 0 aromatic heterocycles. The molecule has 1 amide bonds. The number of ether oxygens (including phenoxy) is 2. The van der Waals surface area contributed by atoms with Gasteiger partial charge in [-0.25, -0.2) is 10.2 Å². The van der Waals surface area contributed by atoms with E-state index >= 15 is 0 Å². The molecule has 152 valence electrons. The molecule has 0 saturated heterocycles. The summed E-state index contributed by atoms with van der Waals surface area (Å²) in [7, 11) is 0. The first-order chi connectivity index (χ1) is 14.5. The largest absolute Gasteiger partial charge is 0.484 e. The molecule has 0 unspecified atom stereocenters. The van der Waals surface area contributed by atoms with Crippen LogP contribution in [0.5, 0.6) is 11.5 Å². The maximum Gasteiger partial charge on any atom is 0.345 e.